The molecule has 0 aromatic heterocycles. The molecule has 1 N–H and O–H groups in total. The van der Waals surface area contributed by atoms with Crippen molar-refractivity contribution in [1.29, 1.82) is 0 Å². The average Bonchev–Trinajstić information content (AvgIpc) is 3.04. The highest BCUT2D eigenvalue weighted by Gasteiger charge is 2.47. The lowest BCUT2D eigenvalue weighted by atomic mass is 9.92. The molecule has 0 bridgehead atoms. The molecule has 88 valence electrons. The summed E-state index contributed by atoms with van der Waals surface area (Å²) in [5.41, 5.74) is 0. The van der Waals surface area contributed by atoms with Crippen LogP contribution >= 0.6 is 0 Å². The van der Waals surface area contributed by atoms with E-state index in [1.165, 1.54) is 0 Å². The molecule has 0 aromatic carbocycles. The molecule has 1 saturated carbocycles. The molecule has 3 aliphatic rings. The SMILES string of the molecule is O=C(O)C1CCN2C(=O)N(C3CC3)CC2C1. The van der Waals surface area contributed by atoms with E-state index in [2.05, 4.69) is 0 Å². The van der Waals surface area contributed by atoms with Crippen molar-refractivity contribution in [2.45, 2.75) is 37.8 Å². The van der Waals surface area contributed by atoms with Crippen molar-refractivity contribution in [1.82, 2.24) is 9.80 Å². The Bertz CT molecular complexity index is 340. The predicted molar refractivity (Wildman–Crippen MR) is 56.0 cm³/mol. The van der Waals surface area contributed by atoms with Crippen molar-refractivity contribution in [3.63, 3.8) is 0 Å². The van der Waals surface area contributed by atoms with Crippen molar-refractivity contribution in [2.24, 2.45) is 5.92 Å². The van der Waals surface area contributed by atoms with E-state index in [9.17, 15) is 9.59 Å². The molecular weight excluding hydrogens is 208 g/mol. The van der Waals surface area contributed by atoms with Gasteiger partial charge in [-0.15, -0.1) is 0 Å². The Morgan fingerprint density at radius 1 is 1.19 bits per heavy atom. The number of hydrogen-bond donors (Lipinski definition) is 1. The molecule has 0 radical (unpaired) electrons. The van der Waals surface area contributed by atoms with E-state index in [0.717, 1.165) is 19.4 Å². The number of carbonyl (C=O) groups is 2. The second kappa shape index (κ2) is 3.37. The van der Waals surface area contributed by atoms with Crippen LogP contribution in [-0.2, 0) is 4.79 Å². The first kappa shape index (κ1) is 9.93. The van der Waals surface area contributed by atoms with E-state index in [1.54, 1.807) is 0 Å². The minimum Gasteiger partial charge on any atom is -0.481 e. The molecule has 2 aliphatic heterocycles. The highest BCUT2D eigenvalue weighted by molar-refractivity contribution is 5.79. The fourth-order valence-electron chi connectivity index (χ4n) is 2.86. The average molecular weight is 224 g/mol. The smallest absolute Gasteiger partial charge is 0.320 e. The van der Waals surface area contributed by atoms with Gasteiger partial charge in [-0.1, -0.05) is 0 Å². The summed E-state index contributed by atoms with van der Waals surface area (Å²) in [6, 6.07) is 0.723. The highest BCUT2D eigenvalue weighted by atomic mass is 16.4. The predicted octanol–water partition coefficient (Wildman–Crippen LogP) is 0.750. The number of carboxylic acid groups (broad SMARTS) is 1. The van der Waals surface area contributed by atoms with Crippen LogP contribution in [0, 0.1) is 5.92 Å². The molecule has 1 aliphatic carbocycles. The number of aliphatic carboxylic acids is 1. The van der Waals surface area contributed by atoms with Gasteiger partial charge in [-0.2, -0.15) is 0 Å². The maximum atomic E-state index is 12.0. The number of hydrogen-bond acceptors (Lipinski definition) is 2. The van der Waals surface area contributed by atoms with Crippen molar-refractivity contribution in [3.8, 4) is 0 Å². The molecule has 16 heavy (non-hydrogen) atoms. The second-order valence-electron chi connectivity index (χ2n) is 5.07. The summed E-state index contributed by atoms with van der Waals surface area (Å²) >= 11 is 0. The van der Waals surface area contributed by atoms with E-state index in [0.29, 0.717) is 25.4 Å². The van der Waals surface area contributed by atoms with Gasteiger partial charge in [-0.05, 0) is 25.7 Å². The maximum Gasteiger partial charge on any atom is 0.320 e. The Morgan fingerprint density at radius 3 is 2.56 bits per heavy atom. The first-order valence-electron chi connectivity index (χ1n) is 5.97. The fraction of sp³-hybridized carbons (Fsp3) is 0.818. The Hall–Kier alpha value is -1.26. The summed E-state index contributed by atoms with van der Waals surface area (Å²) in [5.74, 6) is -0.967. The largest absolute Gasteiger partial charge is 0.481 e. The zero-order chi connectivity index (χ0) is 11.3. The monoisotopic (exact) mass is 224 g/mol. The maximum absolute atomic E-state index is 12.0. The zero-order valence-corrected chi connectivity index (χ0v) is 9.13. The molecule has 0 aromatic rings. The van der Waals surface area contributed by atoms with E-state index in [-0.39, 0.29) is 18.0 Å². The van der Waals surface area contributed by atoms with Gasteiger partial charge in [-0.3, -0.25) is 4.79 Å². The van der Waals surface area contributed by atoms with Crippen LogP contribution in [0.2, 0.25) is 0 Å². The zero-order valence-electron chi connectivity index (χ0n) is 9.13. The van der Waals surface area contributed by atoms with Crippen LogP contribution in [-0.4, -0.2) is 52.1 Å². The molecule has 0 spiro atoms. The summed E-state index contributed by atoms with van der Waals surface area (Å²) in [7, 11) is 0. The highest BCUT2D eigenvalue weighted by Crippen LogP contribution is 2.36. The number of rotatable bonds is 2. The topological polar surface area (TPSA) is 60.9 Å². The molecule has 5 nitrogen and oxygen atoms in total. The molecule has 3 fully saturated rings. The van der Waals surface area contributed by atoms with Crippen LogP contribution in [0.25, 0.3) is 0 Å². The van der Waals surface area contributed by atoms with Crippen LogP contribution in [0.1, 0.15) is 25.7 Å². The molecule has 2 saturated heterocycles. The summed E-state index contributed by atoms with van der Waals surface area (Å²) < 4.78 is 0. The van der Waals surface area contributed by atoms with Gasteiger partial charge in [0, 0.05) is 19.1 Å². The van der Waals surface area contributed by atoms with Gasteiger partial charge in [-0.25, -0.2) is 4.79 Å². The summed E-state index contributed by atoms with van der Waals surface area (Å²) in [5, 5.41) is 8.99. The van der Waals surface area contributed by atoms with Crippen LogP contribution in [0.3, 0.4) is 0 Å². The lowest BCUT2D eigenvalue weighted by molar-refractivity contribution is -0.143. The standard InChI is InChI=1S/C11H16N2O3/c14-10(15)7-3-4-12-9(5-7)6-13(11(12)16)8-1-2-8/h7-9H,1-6H2,(H,14,15). The first-order valence-corrected chi connectivity index (χ1v) is 5.97. The van der Waals surface area contributed by atoms with Crippen molar-refractivity contribution in [2.75, 3.05) is 13.1 Å². The third kappa shape index (κ3) is 1.45. The Balaban J connectivity index is 1.71. The van der Waals surface area contributed by atoms with E-state index in [1.807, 2.05) is 9.80 Å². The van der Waals surface area contributed by atoms with Crippen molar-refractivity contribution in [3.05, 3.63) is 0 Å². The number of carbonyl (C=O) groups excluding carboxylic acids is 1. The van der Waals surface area contributed by atoms with Crippen LogP contribution < -0.4 is 0 Å². The molecule has 3 rings (SSSR count). The molecule has 2 unspecified atom stereocenters. The van der Waals surface area contributed by atoms with Crippen molar-refractivity contribution < 1.29 is 14.7 Å². The molecule has 2 amide bonds. The number of amides is 2. The Labute approximate surface area is 94.0 Å². The second-order valence-corrected chi connectivity index (χ2v) is 5.07. The molecule has 2 atom stereocenters. The van der Waals surface area contributed by atoms with Gasteiger partial charge in [0.2, 0.25) is 0 Å². The minimum absolute atomic E-state index is 0.135. The summed E-state index contributed by atoms with van der Waals surface area (Å²) in [6.45, 7) is 1.36. The van der Waals surface area contributed by atoms with Crippen molar-refractivity contribution >= 4 is 12.0 Å². The van der Waals surface area contributed by atoms with Gasteiger partial charge >= 0.3 is 12.0 Å². The van der Waals surface area contributed by atoms with Crippen LogP contribution in [0.5, 0.6) is 0 Å². The van der Waals surface area contributed by atoms with Gasteiger partial charge in [0.15, 0.2) is 0 Å². The Kier molecular flexibility index (Phi) is 2.09. The van der Waals surface area contributed by atoms with Crippen LogP contribution in [0.4, 0.5) is 4.79 Å². The quantitative estimate of drug-likeness (QED) is 0.753. The van der Waals surface area contributed by atoms with Gasteiger partial charge < -0.3 is 14.9 Å². The number of piperidine rings is 1. The lowest BCUT2D eigenvalue weighted by Gasteiger charge is -2.31. The number of nitrogens with zero attached hydrogens (tertiary/aromatic N) is 2. The normalized spacial score (nSPS) is 34.1. The van der Waals surface area contributed by atoms with E-state index >= 15 is 0 Å². The van der Waals surface area contributed by atoms with Gasteiger partial charge in [0.1, 0.15) is 0 Å². The first-order chi connectivity index (χ1) is 7.66. The van der Waals surface area contributed by atoms with Gasteiger partial charge in [0.25, 0.3) is 0 Å². The molecule has 5 heteroatoms. The number of carboxylic acids is 1. The van der Waals surface area contributed by atoms with Crippen LogP contribution in [0.15, 0.2) is 0 Å². The third-order valence-corrected chi connectivity index (χ3v) is 3.95. The number of fused-ring (bicyclic) bond motifs is 1. The fourth-order valence-corrected chi connectivity index (χ4v) is 2.86. The minimum atomic E-state index is -0.711. The molecule has 2 heterocycles. The van der Waals surface area contributed by atoms with Gasteiger partial charge in [0.05, 0.1) is 12.0 Å². The number of urea groups is 1. The lowest BCUT2D eigenvalue weighted by Crippen LogP contribution is -2.43. The molecular formula is C11H16N2O3. The summed E-state index contributed by atoms with van der Waals surface area (Å²) in [6.07, 6.45) is 3.48. The Morgan fingerprint density at radius 2 is 1.94 bits per heavy atom. The van der Waals surface area contributed by atoms with E-state index < -0.39 is 5.97 Å². The third-order valence-electron chi connectivity index (χ3n) is 3.95. The summed E-state index contributed by atoms with van der Waals surface area (Å²) in [4.78, 5) is 26.7. The van der Waals surface area contributed by atoms with E-state index in [4.69, 9.17) is 5.11 Å².